The van der Waals surface area contributed by atoms with Gasteiger partial charge in [0.1, 0.15) is 0 Å². The molecule has 3 rings (SSSR count). The molecule has 23 heavy (non-hydrogen) atoms. The van der Waals surface area contributed by atoms with Crippen LogP contribution in [-0.2, 0) is 9.59 Å². The monoisotopic (exact) mass is 314 g/mol. The molecule has 2 amide bonds. The fraction of sp³-hybridized carbons (Fsp3) is 0.500. The predicted octanol–water partition coefficient (Wildman–Crippen LogP) is 2.52. The topological polar surface area (TPSA) is 75.3 Å². The van der Waals surface area contributed by atoms with E-state index in [0.717, 1.165) is 12.8 Å². The van der Waals surface area contributed by atoms with Crippen LogP contribution in [0.5, 0.6) is 0 Å². The summed E-state index contributed by atoms with van der Waals surface area (Å²) in [5.41, 5.74) is 1.27. The molecule has 2 aliphatic carbocycles. The van der Waals surface area contributed by atoms with E-state index in [4.69, 9.17) is 0 Å². The first-order chi connectivity index (χ1) is 11.0. The lowest BCUT2D eigenvalue weighted by Gasteiger charge is -2.11. The number of hydrogen-bond acceptors (Lipinski definition) is 3. The molecule has 5 heteroatoms. The highest BCUT2D eigenvalue weighted by Crippen LogP contribution is 2.40. The number of hydrogen-bond donors (Lipinski definition) is 2. The van der Waals surface area contributed by atoms with Crippen LogP contribution < -0.4 is 10.6 Å². The van der Waals surface area contributed by atoms with Crippen molar-refractivity contribution >= 4 is 23.3 Å². The number of Topliss-reactive ketones (excluding diaryl/α,β-unsaturated/α-hetero) is 1. The van der Waals surface area contributed by atoms with Gasteiger partial charge in [-0.05, 0) is 50.5 Å². The minimum atomic E-state index is -0.233. The summed E-state index contributed by atoms with van der Waals surface area (Å²) in [6.07, 6.45) is 5.08. The van der Waals surface area contributed by atoms with Crippen molar-refractivity contribution in [1.82, 2.24) is 5.32 Å². The summed E-state index contributed by atoms with van der Waals surface area (Å²) in [6, 6.07) is 7.10. The minimum absolute atomic E-state index is 0.00582. The second kappa shape index (κ2) is 6.52. The summed E-state index contributed by atoms with van der Waals surface area (Å²) in [6.45, 7) is 1.51. The Morgan fingerprint density at radius 1 is 0.957 bits per heavy atom. The third-order valence-electron chi connectivity index (χ3n) is 4.72. The maximum absolute atomic E-state index is 12.2. The lowest BCUT2D eigenvalue weighted by Crippen LogP contribution is -2.34. The third kappa shape index (κ3) is 3.78. The molecule has 0 aromatic heterocycles. The number of amides is 2. The highest BCUT2D eigenvalue weighted by molar-refractivity contribution is 6.00. The van der Waals surface area contributed by atoms with Gasteiger partial charge in [-0.2, -0.15) is 0 Å². The van der Waals surface area contributed by atoms with Crippen LogP contribution in [0.15, 0.2) is 24.3 Å². The van der Waals surface area contributed by atoms with E-state index in [-0.39, 0.29) is 29.4 Å². The molecule has 2 aliphatic rings. The number of carbonyl (C=O) groups excluding carboxylic acids is 3. The normalized spacial score (nSPS) is 23.3. The van der Waals surface area contributed by atoms with Crippen molar-refractivity contribution in [3.05, 3.63) is 29.8 Å². The molecule has 2 atom stereocenters. The zero-order chi connectivity index (χ0) is 16.4. The Morgan fingerprint density at radius 3 is 2.17 bits per heavy atom. The minimum Gasteiger partial charge on any atom is -0.353 e. The average molecular weight is 314 g/mol. The van der Waals surface area contributed by atoms with E-state index in [1.165, 1.54) is 19.8 Å². The summed E-state index contributed by atoms with van der Waals surface area (Å²) in [5, 5.41) is 5.87. The van der Waals surface area contributed by atoms with Crippen LogP contribution in [0.4, 0.5) is 5.69 Å². The Hall–Kier alpha value is -2.17. The van der Waals surface area contributed by atoms with Gasteiger partial charge in [0.15, 0.2) is 5.78 Å². The SMILES string of the molecule is CC(=O)c1ccc(NC(=O)C2CC2C(=O)NC2CCCC2)cc1. The highest BCUT2D eigenvalue weighted by atomic mass is 16.2. The quantitative estimate of drug-likeness (QED) is 0.820. The zero-order valence-corrected chi connectivity index (χ0v) is 13.3. The van der Waals surface area contributed by atoms with Gasteiger partial charge in [-0.15, -0.1) is 0 Å². The van der Waals surface area contributed by atoms with Gasteiger partial charge >= 0.3 is 0 Å². The molecule has 0 aliphatic heterocycles. The first-order valence-corrected chi connectivity index (χ1v) is 8.27. The highest BCUT2D eigenvalue weighted by Gasteiger charge is 2.48. The molecular formula is C18H22N2O3. The van der Waals surface area contributed by atoms with E-state index in [1.54, 1.807) is 24.3 Å². The van der Waals surface area contributed by atoms with Crippen molar-refractivity contribution in [2.75, 3.05) is 5.32 Å². The third-order valence-corrected chi connectivity index (χ3v) is 4.72. The van der Waals surface area contributed by atoms with Crippen LogP contribution in [0.3, 0.4) is 0 Å². The molecule has 5 nitrogen and oxygen atoms in total. The Morgan fingerprint density at radius 2 is 1.57 bits per heavy atom. The van der Waals surface area contributed by atoms with E-state index in [9.17, 15) is 14.4 Å². The molecule has 0 spiro atoms. The smallest absolute Gasteiger partial charge is 0.228 e. The number of carbonyl (C=O) groups is 3. The van der Waals surface area contributed by atoms with Gasteiger partial charge in [0, 0.05) is 17.3 Å². The zero-order valence-electron chi connectivity index (χ0n) is 13.3. The molecule has 0 heterocycles. The van der Waals surface area contributed by atoms with Gasteiger partial charge in [-0.1, -0.05) is 12.8 Å². The van der Waals surface area contributed by atoms with Crippen LogP contribution >= 0.6 is 0 Å². The molecule has 0 radical (unpaired) electrons. The van der Waals surface area contributed by atoms with Gasteiger partial charge in [0.25, 0.3) is 0 Å². The van der Waals surface area contributed by atoms with Crippen molar-refractivity contribution < 1.29 is 14.4 Å². The molecule has 2 N–H and O–H groups in total. The van der Waals surface area contributed by atoms with Crippen LogP contribution in [0.25, 0.3) is 0 Å². The van der Waals surface area contributed by atoms with Crippen LogP contribution in [-0.4, -0.2) is 23.6 Å². The number of nitrogens with one attached hydrogen (secondary N) is 2. The van der Waals surface area contributed by atoms with Gasteiger partial charge in [-0.25, -0.2) is 0 Å². The van der Waals surface area contributed by atoms with Crippen molar-refractivity contribution in [1.29, 1.82) is 0 Å². The second-order valence-electron chi connectivity index (χ2n) is 6.56. The lowest BCUT2D eigenvalue weighted by molar-refractivity contribution is -0.125. The first-order valence-electron chi connectivity index (χ1n) is 8.27. The van der Waals surface area contributed by atoms with Gasteiger partial charge in [0.05, 0.1) is 11.8 Å². The molecule has 0 saturated heterocycles. The molecule has 1 aromatic carbocycles. The number of anilines is 1. The van der Waals surface area contributed by atoms with Crippen molar-refractivity contribution in [3.63, 3.8) is 0 Å². The number of rotatable bonds is 5. The van der Waals surface area contributed by atoms with Crippen molar-refractivity contribution in [2.45, 2.75) is 45.1 Å². The maximum atomic E-state index is 12.2. The predicted molar refractivity (Wildman–Crippen MR) is 87.1 cm³/mol. The average Bonchev–Trinajstić information content (AvgIpc) is 3.19. The van der Waals surface area contributed by atoms with E-state index >= 15 is 0 Å². The van der Waals surface area contributed by atoms with E-state index < -0.39 is 0 Å². The molecule has 0 bridgehead atoms. The molecule has 2 saturated carbocycles. The van der Waals surface area contributed by atoms with E-state index in [0.29, 0.717) is 23.7 Å². The Labute approximate surface area is 135 Å². The largest absolute Gasteiger partial charge is 0.353 e. The van der Waals surface area contributed by atoms with Gasteiger partial charge in [-0.3, -0.25) is 14.4 Å². The summed E-state index contributed by atoms with van der Waals surface area (Å²) >= 11 is 0. The number of benzene rings is 1. The Bertz CT molecular complexity index is 618. The fourth-order valence-corrected chi connectivity index (χ4v) is 3.18. The van der Waals surface area contributed by atoms with Crippen molar-refractivity contribution in [3.8, 4) is 0 Å². The molecule has 122 valence electrons. The van der Waals surface area contributed by atoms with Gasteiger partial charge < -0.3 is 10.6 Å². The Kier molecular flexibility index (Phi) is 4.46. The summed E-state index contributed by atoms with van der Waals surface area (Å²) in [4.78, 5) is 35.5. The van der Waals surface area contributed by atoms with Crippen LogP contribution in [0.2, 0.25) is 0 Å². The summed E-state index contributed by atoms with van der Waals surface area (Å²) < 4.78 is 0. The number of ketones is 1. The van der Waals surface area contributed by atoms with Gasteiger partial charge in [0.2, 0.25) is 11.8 Å². The van der Waals surface area contributed by atoms with Crippen molar-refractivity contribution in [2.24, 2.45) is 11.8 Å². The molecule has 2 unspecified atom stereocenters. The standard InChI is InChI=1S/C18H22N2O3/c1-11(21)12-6-8-14(9-7-12)20-18(23)16-10-15(16)17(22)19-13-4-2-3-5-13/h6-9,13,15-16H,2-5,10H2,1H3,(H,19,22)(H,20,23). The summed E-state index contributed by atoms with van der Waals surface area (Å²) in [7, 11) is 0. The Balaban J connectivity index is 1.49. The van der Waals surface area contributed by atoms with Crippen LogP contribution in [0, 0.1) is 11.8 Å². The van der Waals surface area contributed by atoms with E-state index in [2.05, 4.69) is 10.6 Å². The molecule has 2 fully saturated rings. The lowest BCUT2D eigenvalue weighted by atomic mass is 10.1. The molecule has 1 aromatic rings. The van der Waals surface area contributed by atoms with Crippen LogP contribution in [0.1, 0.15) is 49.4 Å². The first kappa shape index (κ1) is 15.7. The maximum Gasteiger partial charge on any atom is 0.228 e. The fourth-order valence-electron chi connectivity index (χ4n) is 3.18. The van der Waals surface area contributed by atoms with E-state index in [1.807, 2.05) is 0 Å². The molecular weight excluding hydrogens is 292 g/mol. The summed E-state index contributed by atoms with van der Waals surface area (Å²) in [5.74, 6) is -0.527. The second-order valence-corrected chi connectivity index (χ2v) is 6.56.